The first kappa shape index (κ1) is 13.3. The topological polar surface area (TPSA) is 49.5 Å². The van der Waals surface area contributed by atoms with Gasteiger partial charge in [0.25, 0.3) is 0 Å². The molecule has 100 valence electrons. The number of rotatable bonds is 2. The van der Waals surface area contributed by atoms with Crippen molar-refractivity contribution in [3.63, 3.8) is 0 Å². The van der Waals surface area contributed by atoms with Crippen LogP contribution < -0.4 is 5.73 Å². The molecule has 3 N–H and O–H groups in total. The molecular formula is C14H28N2O. The molecule has 1 aliphatic carbocycles. The standard InChI is InChI=1S/C14H28N2O/c1-3-16-9-7-14(17,8-10-16)13(15)6-4-5-12(2)11-13/h12,17H,3-11,15H2,1-2H3. The van der Waals surface area contributed by atoms with Gasteiger partial charge in [0, 0.05) is 18.6 Å². The van der Waals surface area contributed by atoms with E-state index in [1.807, 2.05) is 0 Å². The third kappa shape index (κ3) is 2.51. The summed E-state index contributed by atoms with van der Waals surface area (Å²) in [6, 6.07) is 0. The minimum absolute atomic E-state index is 0.329. The Bertz CT molecular complexity index is 261. The number of nitrogens with two attached hydrogens (primary N) is 1. The van der Waals surface area contributed by atoms with E-state index in [-0.39, 0.29) is 5.54 Å². The summed E-state index contributed by atoms with van der Waals surface area (Å²) >= 11 is 0. The first-order chi connectivity index (χ1) is 7.99. The number of nitrogens with zero attached hydrogens (tertiary/aromatic N) is 1. The van der Waals surface area contributed by atoms with E-state index in [0.717, 1.165) is 45.3 Å². The van der Waals surface area contributed by atoms with Gasteiger partial charge in [-0.15, -0.1) is 0 Å². The van der Waals surface area contributed by atoms with Gasteiger partial charge in [0.2, 0.25) is 0 Å². The van der Waals surface area contributed by atoms with Gasteiger partial charge in [-0.25, -0.2) is 0 Å². The molecule has 1 heterocycles. The maximum Gasteiger partial charge on any atom is 0.0850 e. The molecule has 1 saturated carbocycles. The average molecular weight is 240 g/mol. The number of hydrogen-bond donors (Lipinski definition) is 2. The van der Waals surface area contributed by atoms with E-state index in [1.165, 1.54) is 12.8 Å². The Hall–Kier alpha value is -0.120. The van der Waals surface area contributed by atoms with E-state index in [2.05, 4.69) is 18.7 Å². The molecule has 2 fully saturated rings. The van der Waals surface area contributed by atoms with Gasteiger partial charge < -0.3 is 15.7 Å². The predicted octanol–water partition coefficient (Wildman–Crippen LogP) is 1.74. The van der Waals surface area contributed by atoms with E-state index in [4.69, 9.17) is 5.73 Å². The molecule has 0 radical (unpaired) electrons. The number of piperidine rings is 1. The quantitative estimate of drug-likeness (QED) is 0.773. The van der Waals surface area contributed by atoms with Crippen LogP contribution in [0.5, 0.6) is 0 Å². The number of aliphatic hydroxyl groups is 1. The van der Waals surface area contributed by atoms with Crippen LogP contribution in [0.4, 0.5) is 0 Å². The Morgan fingerprint density at radius 2 is 1.94 bits per heavy atom. The van der Waals surface area contributed by atoms with Crippen LogP contribution in [0.25, 0.3) is 0 Å². The highest BCUT2D eigenvalue weighted by molar-refractivity contribution is 5.07. The van der Waals surface area contributed by atoms with Crippen molar-refractivity contribution in [3.05, 3.63) is 0 Å². The summed E-state index contributed by atoms with van der Waals surface area (Å²) in [5.74, 6) is 0.668. The van der Waals surface area contributed by atoms with Gasteiger partial charge in [0.05, 0.1) is 5.60 Å². The molecule has 0 amide bonds. The number of likely N-dealkylation sites (tertiary alicyclic amines) is 1. The third-order valence-electron chi connectivity index (χ3n) is 5.09. The van der Waals surface area contributed by atoms with E-state index < -0.39 is 5.60 Å². The normalized spacial score (nSPS) is 39.2. The molecule has 0 spiro atoms. The zero-order chi connectivity index (χ0) is 12.5. The highest BCUT2D eigenvalue weighted by Crippen LogP contribution is 2.42. The van der Waals surface area contributed by atoms with Gasteiger partial charge in [-0.3, -0.25) is 0 Å². The van der Waals surface area contributed by atoms with Crippen LogP contribution in [0.1, 0.15) is 52.4 Å². The molecule has 3 heteroatoms. The second-order valence-corrected chi connectivity index (χ2v) is 6.32. The average Bonchev–Trinajstić information content (AvgIpc) is 2.29. The second kappa shape index (κ2) is 4.87. The van der Waals surface area contributed by atoms with Crippen LogP contribution in [0.3, 0.4) is 0 Å². The predicted molar refractivity (Wildman–Crippen MR) is 70.8 cm³/mol. The molecule has 2 unspecified atom stereocenters. The molecule has 0 aromatic carbocycles. The van der Waals surface area contributed by atoms with E-state index in [1.54, 1.807) is 0 Å². The van der Waals surface area contributed by atoms with E-state index in [0.29, 0.717) is 5.92 Å². The fraction of sp³-hybridized carbons (Fsp3) is 1.00. The lowest BCUT2D eigenvalue weighted by atomic mass is 9.64. The Kier molecular flexibility index (Phi) is 3.81. The molecule has 1 aliphatic heterocycles. The lowest BCUT2D eigenvalue weighted by molar-refractivity contribution is -0.0966. The van der Waals surface area contributed by atoms with Crippen molar-refractivity contribution >= 4 is 0 Å². The van der Waals surface area contributed by atoms with Crippen molar-refractivity contribution in [3.8, 4) is 0 Å². The van der Waals surface area contributed by atoms with Gasteiger partial charge in [0.1, 0.15) is 0 Å². The monoisotopic (exact) mass is 240 g/mol. The summed E-state index contributed by atoms with van der Waals surface area (Å²) in [6.45, 7) is 7.54. The van der Waals surface area contributed by atoms with Crippen LogP contribution >= 0.6 is 0 Å². The zero-order valence-electron chi connectivity index (χ0n) is 11.4. The first-order valence-electron chi connectivity index (χ1n) is 7.23. The molecule has 2 atom stereocenters. The molecule has 17 heavy (non-hydrogen) atoms. The minimum Gasteiger partial charge on any atom is -0.388 e. The van der Waals surface area contributed by atoms with Crippen LogP contribution in [-0.2, 0) is 0 Å². The molecule has 3 nitrogen and oxygen atoms in total. The second-order valence-electron chi connectivity index (χ2n) is 6.32. The fourth-order valence-corrected chi connectivity index (χ4v) is 3.75. The minimum atomic E-state index is -0.618. The lowest BCUT2D eigenvalue weighted by Crippen LogP contribution is -2.65. The molecule has 0 aromatic heterocycles. The van der Waals surface area contributed by atoms with Crippen molar-refractivity contribution in [2.24, 2.45) is 11.7 Å². The maximum atomic E-state index is 10.9. The van der Waals surface area contributed by atoms with Crippen molar-refractivity contribution in [2.45, 2.75) is 63.5 Å². The highest BCUT2D eigenvalue weighted by Gasteiger charge is 2.50. The van der Waals surface area contributed by atoms with E-state index >= 15 is 0 Å². The Balaban J connectivity index is 2.04. The fourth-order valence-electron chi connectivity index (χ4n) is 3.75. The summed E-state index contributed by atoms with van der Waals surface area (Å²) < 4.78 is 0. The van der Waals surface area contributed by atoms with Gasteiger partial charge >= 0.3 is 0 Å². The third-order valence-corrected chi connectivity index (χ3v) is 5.09. The van der Waals surface area contributed by atoms with Crippen LogP contribution in [-0.4, -0.2) is 40.8 Å². The van der Waals surface area contributed by atoms with Crippen molar-refractivity contribution in [1.82, 2.24) is 4.90 Å². The highest BCUT2D eigenvalue weighted by atomic mass is 16.3. The molecule has 0 bridgehead atoms. The zero-order valence-corrected chi connectivity index (χ0v) is 11.4. The summed E-state index contributed by atoms with van der Waals surface area (Å²) in [4.78, 5) is 2.41. The Morgan fingerprint density at radius 1 is 1.29 bits per heavy atom. The van der Waals surface area contributed by atoms with Gasteiger partial charge in [-0.05, 0) is 38.1 Å². The largest absolute Gasteiger partial charge is 0.388 e. The van der Waals surface area contributed by atoms with Gasteiger partial charge in [-0.1, -0.05) is 26.7 Å². The van der Waals surface area contributed by atoms with Gasteiger partial charge in [0.15, 0.2) is 0 Å². The first-order valence-corrected chi connectivity index (χ1v) is 7.23. The van der Waals surface area contributed by atoms with Crippen LogP contribution in [0, 0.1) is 5.92 Å². The van der Waals surface area contributed by atoms with Crippen molar-refractivity contribution in [2.75, 3.05) is 19.6 Å². The number of hydrogen-bond acceptors (Lipinski definition) is 3. The SMILES string of the molecule is CCN1CCC(O)(C2(N)CCCC(C)C2)CC1. The Labute approximate surface area is 105 Å². The van der Waals surface area contributed by atoms with Gasteiger partial charge in [-0.2, -0.15) is 0 Å². The molecular weight excluding hydrogens is 212 g/mol. The van der Waals surface area contributed by atoms with Crippen molar-refractivity contribution in [1.29, 1.82) is 0 Å². The smallest absolute Gasteiger partial charge is 0.0850 e. The maximum absolute atomic E-state index is 10.9. The van der Waals surface area contributed by atoms with Crippen LogP contribution in [0.15, 0.2) is 0 Å². The van der Waals surface area contributed by atoms with Crippen molar-refractivity contribution < 1.29 is 5.11 Å². The Morgan fingerprint density at radius 3 is 2.47 bits per heavy atom. The molecule has 0 aromatic rings. The van der Waals surface area contributed by atoms with E-state index in [9.17, 15) is 5.11 Å². The lowest BCUT2D eigenvalue weighted by Gasteiger charge is -2.52. The molecule has 2 aliphatic rings. The summed E-state index contributed by atoms with van der Waals surface area (Å²) in [6.07, 6.45) is 6.15. The van der Waals surface area contributed by atoms with Crippen LogP contribution in [0.2, 0.25) is 0 Å². The summed E-state index contributed by atoms with van der Waals surface area (Å²) in [7, 11) is 0. The summed E-state index contributed by atoms with van der Waals surface area (Å²) in [5.41, 5.74) is 5.63. The molecule has 2 rings (SSSR count). The summed E-state index contributed by atoms with van der Waals surface area (Å²) in [5, 5.41) is 10.9. The molecule has 1 saturated heterocycles.